The normalized spacial score (nSPS) is 21.1. The van der Waals surface area contributed by atoms with Gasteiger partial charge in [0.1, 0.15) is 0 Å². The molecule has 0 saturated heterocycles. The van der Waals surface area contributed by atoms with E-state index in [-0.39, 0.29) is 5.54 Å². The molecular weight excluding hydrogens is 282 g/mol. The van der Waals surface area contributed by atoms with Crippen molar-refractivity contribution in [2.75, 3.05) is 0 Å². The first-order chi connectivity index (χ1) is 10.8. The summed E-state index contributed by atoms with van der Waals surface area (Å²) in [6, 6.07) is 0.488. The Morgan fingerprint density at radius 2 is 2.09 bits per heavy atom. The highest BCUT2D eigenvalue weighted by Gasteiger charge is 2.38. The molecule has 0 aromatic carbocycles. The van der Waals surface area contributed by atoms with E-state index >= 15 is 0 Å². The molecule has 2 aliphatic carbocycles. The van der Waals surface area contributed by atoms with Crippen molar-refractivity contribution < 1.29 is 4.52 Å². The zero-order valence-corrected chi connectivity index (χ0v) is 12.8. The molecule has 0 bridgehead atoms. The number of aryl methyl sites for hydroxylation is 1. The van der Waals surface area contributed by atoms with E-state index < -0.39 is 0 Å². The molecule has 0 aliphatic heterocycles. The number of nitrogens with one attached hydrogen (secondary N) is 1. The van der Waals surface area contributed by atoms with Gasteiger partial charge in [0.15, 0.2) is 11.6 Å². The molecule has 0 atom stereocenters. The minimum Gasteiger partial charge on any atom is -0.340 e. The molecule has 8 heteroatoms. The zero-order chi connectivity index (χ0) is 15.0. The van der Waals surface area contributed by atoms with Gasteiger partial charge in [-0.2, -0.15) is 4.98 Å². The van der Waals surface area contributed by atoms with Crippen molar-refractivity contribution in [1.29, 1.82) is 0 Å². The van der Waals surface area contributed by atoms with Gasteiger partial charge in [0.05, 0.1) is 18.1 Å². The molecule has 4 rings (SSSR count). The van der Waals surface area contributed by atoms with Crippen LogP contribution in [0.1, 0.15) is 68.5 Å². The summed E-state index contributed by atoms with van der Waals surface area (Å²) in [5, 5.41) is 19.9. The first kappa shape index (κ1) is 13.8. The standard InChI is InChI=1S/C14H21N7O/c1-10-16-13(18-22-10)14(7-3-2-4-8-14)15-9-12-17-19-20-21(12)11-5-6-11/h11,15H,2-9H2,1H3. The van der Waals surface area contributed by atoms with Crippen LogP contribution in [0.25, 0.3) is 0 Å². The third-order valence-electron chi connectivity index (χ3n) is 4.70. The van der Waals surface area contributed by atoms with Crippen molar-refractivity contribution in [3.8, 4) is 0 Å². The average Bonchev–Trinajstić information content (AvgIpc) is 3.11. The third kappa shape index (κ3) is 2.51. The lowest BCUT2D eigenvalue weighted by atomic mass is 9.81. The van der Waals surface area contributed by atoms with Crippen molar-refractivity contribution in [1.82, 2.24) is 35.7 Å². The smallest absolute Gasteiger partial charge is 0.223 e. The molecule has 2 aliphatic rings. The van der Waals surface area contributed by atoms with Crippen LogP contribution in [0.3, 0.4) is 0 Å². The summed E-state index contributed by atoms with van der Waals surface area (Å²) in [6.07, 6.45) is 8.01. The summed E-state index contributed by atoms with van der Waals surface area (Å²) in [5.41, 5.74) is -0.212. The van der Waals surface area contributed by atoms with E-state index in [0.29, 0.717) is 18.5 Å². The van der Waals surface area contributed by atoms with Crippen LogP contribution in [0.4, 0.5) is 0 Å². The van der Waals surface area contributed by atoms with Crippen LogP contribution >= 0.6 is 0 Å². The monoisotopic (exact) mass is 303 g/mol. The maximum atomic E-state index is 5.21. The van der Waals surface area contributed by atoms with E-state index in [4.69, 9.17) is 4.52 Å². The molecule has 0 spiro atoms. The third-order valence-corrected chi connectivity index (χ3v) is 4.70. The van der Waals surface area contributed by atoms with Crippen LogP contribution in [0.15, 0.2) is 4.52 Å². The van der Waals surface area contributed by atoms with Crippen LogP contribution in [0.5, 0.6) is 0 Å². The van der Waals surface area contributed by atoms with E-state index in [1.807, 2.05) is 11.6 Å². The SMILES string of the molecule is Cc1nc(C2(NCc3nnnn3C3CC3)CCCCC2)no1. The molecule has 22 heavy (non-hydrogen) atoms. The van der Waals surface area contributed by atoms with Crippen molar-refractivity contribution in [2.45, 2.75) is 70.0 Å². The first-order valence-corrected chi connectivity index (χ1v) is 8.09. The number of nitrogens with zero attached hydrogens (tertiary/aromatic N) is 6. The van der Waals surface area contributed by atoms with Gasteiger partial charge >= 0.3 is 0 Å². The molecule has 1 N–H and O–H groups in total. The van der Waals surface area contributed by atoms with Gasteiger partial charge in [-0.1, -0.05) is 24.4 Å². The number of hydrogen-bond donors (Lipinski definition) is 1. The molecule has 2 aromatic heterocycles. The molecule has 0 amide bonds. The van der Waals surface area contributed by atoms with Crippen LogP contribution in [-0.2, 0) is 12.1 Å². The number of aromatic nitrogens is 6. The minimum atomic E-state index is -0.212. The Bertz CT molecular complexity index is 639. The highest BCUT2D eigenvalue weighted by Crippen LogP contribution is 2.37. The van der Waals surface area contributed by atoms with Gasteiger partial charge in [0.2, 0.25) is 5.89 Å². The second-order valence-corrected chi connectivity index (χ2v) is 6.40. The summed E-state index contributed by atoms with van der Waals surface area (Å²) < 4.78 is 7.15. The lowest BCUT2D eigenvalue weighted by molar-refractivity contribution is 0.208. The highest BCUT2D eigenvalue weighted by atomic mass is 16.5. The van der Waals surface area contributed by atoms with E-state index in [9.17, 15) is 0 Å². The quantitative estimate of drug-likeness (QED) is 0.897. The molecule has 2 heterocycles. The zero-order valence-electron chi connectivity index (χ0n) is 12.8. The molecule has 0 unspecified atom stereocenters. The van der Waals surface area contributed by atoms with Crippen LogP contribution in [0.2, 0.25) is 0 Å². The van der Waals surface area contributed by atoms with Gasteiger partial charge in [-0.3, -0.25) is 5.32 Å². The highest BCUT2D eigenvalue weighted by molar-refractivity contribution is 5.07. The molecule has 118 valence electrons. The average molecular weight is 303 g/mol. The number of hydrogen-bond acceptors (Lipinski definition) is 7. The summed E-state index contributed by atoms with van der Waals surface area (Å²) in [4.78, 5) is 4.48. The molecule has 2 fully saturated rings. The molecule has 2 aromatic rings. The largest absolute Gasteiger partial charge is 0.340 e. The van der Waals surface area contributed by atoms with Gasteiger partial charge in [-0.25, -0.2) is 4.68 Å². The maximum absolute atomic E-state index is 5.21. The lowest BCUT2D eigenvalue weighted by Crippen LogP contribution is -2.45. The number of tetrazole rings is 1. The minimum absolute atomic E-state index is 0.212. The lowest BCUT2D eigenvalue weighted by Gasteiger charge is -2.35. The van der Waals surface area contributed by atoms with E-state index in [0.717, 1.165) is 24.5 Å². The second-order valence-electron chi connectivity index (χ2n) is 6.40. The maximum Gasteiger partial charge on any atom is 0.223 e. The molecular formula is C14H21N7O. The Morgan fingerprint density at radius 1 is 1.27 bits per heavy atom. The summed E-state index contributed by atoms with van der Waals surface area (Å²) in [6.45, 7) is 2.47. The second kappa shape index (κ2) is 5.42. The summed E-state index contributed by atoms with van der Waals surface area (Å²) in [5.74, 6) is 2.28. The van der Waals surface area contributed by atoms with Gasteiger partial charge in [0.25, 0.3) is 0 Å². The van der Waals surface area contributed by atoms with Gasteiger partial charge in [0, 0.05) is 6.92 Å². The van der Waals surface area contributed by atoms with Gasteiger partial charge in [-0.15, -0.1) is 5.10 Å². The fourth-order valence-electron chi connectivity index (χ4n) is 3.31. The van der Waals surface area contributed by atoms with Crippen molar-refractivity contribution in [3.63, 3.8) is 0 Å². The fourth-order valence-corrected chi connectivity index (χ4v) is 3.31. The predicted molar refractivity (Wildman–Crippen MR) is 76.7 cm³/mol. The van der Waals surface area contributed by atoms with E-state index in [1.165, 1.54) is 32.1 Å². The predicted octanol–water partition coefficient (Wildman–Crippen LogP) is 1.65. The molecule has 2 saturated carbocycles. The topological polar surface area (TPSA) is 94.6 Å². The fraction of sp³-hybridized carbons (Fsp3) is 0.786. The van der Waals surface area contributed by atoms with Crippen molar-refractivity contribution in [2.24, 2.45) is 0 Å². The molecule has 0 radical (unpaired) electrons. The van der Waals surface area contributed by atoms with Crippen molar-refractivity contribution >= 4 is 0 Å². The van der Waals surface area contributed by atoms with Gasteiger partial charge in [-0.05, 0) is 36.1 Å². The van der Waals surface area contributed by atoms with E-state index in [2.05, 4.69) is 31.0 Å². The van der Waals surface area contributed by atoms with E-state index in [1.54, 1.807) is 0 Å². The van der Waals surface area contributed by atoms with Crippen LogP contribution in [0, 0.1) is 6.92 Å². The van der Waals surface area contributed by atoms with Crippen LogP contribution < -0.4 is 5.32 Å². The Kier molecular flexibility index (Phi) is 3.40. The number of rotatable bonds is 5. The summed E-state index contributed by atoms with van der Waals surface area (Å²) >= 11 is 0. The summed E-state index contributed by atoms with van der Waals surface area (Å²) in [7, 11) is 0. The Morgan fingerprint density at radius 3 is 2.77 bits per heavy atom. The first-order valence-electron chi connectivity index (χ1n) is 8.09. The van der Waals surface area contributed by atoms with Crippen molar-refractivity contribution in [3.05, 3.63) is 17.5 Å². The van der Waals surface area contributed by atoms with Crippen LogP contribution in [-0.4, -0.2) is 30.3 Å². The Hall–Kier alpha value is -1.83. The Balaban J connectivity index is 1.55. The van der Waals surface area contributed by atoms with Gasteiger partial charge < -0.3 is 4.52 Å². The molecule has 8 nitrogen and oxygen atoms in total. The Labute approximate surface area is 128 Å².